The number of methoxy groups -OCH3 is 1. The van der Waals surface area contributed by atoms with Crippen molar-refractivity contribution in [1.82, 2.24) is 14.9 Å². The molecule has 0 radical (unpaired) electrons. The first-order valence-corrected chi connectivity index (χ1v) is 15.7. The van der Waals surface area contributed by atoms with E-state index in [4.69, 9.17) is 9.47 Å². The Kier molecular flexibility index (Phi) is 6.69. The van der Waals surface area contributed by atoms with Crippen molar-refractivity contribution in [1.29, 1.82) is 0 Å². The van der Waals surface area contributed by atoms with Gasteiger partial charge < -0.3 is 19.3 Å². The van der Waals surface area contributed by atoms with Crippen molar-refractivity contribution in [2.24, 2.45) is 0 Å². The molecular formula is C29H28N4O6S2. The van der Waals surface area contributed by atoms with Crippen LogP contribution in [-0.4, -0.2) is 68.1 Å². The van der Waals surface area contributed by atoms with Gasteiger partial charge in [-0.15, -0.1) is 0 Å². The summed E-state index contributed by atoms with van der Waals surface area (Å²) >= 11 is 1.37. The van der Waals surface area contributed by atoms with Crippen LogP contribution in [0.15, 0.2) is 59.5 Å². The first-order chi connectivity index (χ1) is 19.5. The van der Waals surface area contributed by atoms with Crippen LogP contribution in [0.5, 0.6) is 17.4 Å². The largest absolute Gasteiger partial charge is 0.481 e. The van der Waals surface area contributed by atoms with Gasteiger partial charge in [-0.2, -0.15) is 0 Å². The van der Waals surface area contributed by atoms with E-state index in [1.807, 2.05) is 23.1 Å². The number of pyridine rings is 1. The maximum atomic E-state index is 13.7. The standard InChI is InChI=1S/C29H28N4O6S2/c1-18(34)32-13-12-29(16-32)17-33(27(35)15-26-30-23-9-11-25(38-2)31-28(23)40-26)24-10-6-20(14-22(24)29)39-19-4-7-21(8-5-19)41(3,36)37/h4-11,14H,12-13,15-17H2,1-3H3. The highest BCUT2D eigenvalue weighted by atomic mass is 32.2. The Labute approximate surface area is 241 Å². The summed E-state index contributed by atoms with van der Waals surface area (Å²) in [5.41, 5.74) is 2.05. The highest BCUT2D eigenvalue weighted by Gasteiger charge is 2.49. The number of nitrogens with zero attached hydrogens (tertiary/aromatic N) is 4. The Morgan fingerprint density at radius 3 is 2.46 bits per heavy atom. The number of benzene rings is 2. The molecule has 10 nitrogen and oxygen atoms in total. The number of aromatic nitrogens is 2. The van der Waals surface area contributed by atoms with Gasteiger partial charge in [0.2, 0.25) is 17.7 Å². The van der Waals surface area contributed by atoms with Crippen LogP contribution in [0, 0.1) is 0 Å². The monoisotopic (exact) mass is 592 g/mol. The van der Waals surface area contributed by atoms with Crippen molar-refractivity contribution in [3.63, 3.8) is 0 Å². The average Bonchev–Trinajstić information content (AvgIpc) is 3.64. The van der Waals surface area contributed by atoms with E-state index in [9.17, 15) is 18.0 Å². The van der Waals surface area contributed by atoms with E-state index in [1.165, 1.54) is 23.5 Å². The van der Waals surface area contributed by atoms with Crippen LogP contribution in [0.1, 0.15) is 23.9 Å². The maximum Gasteiger partial charge on any atom is 0.233 e. The minimum Gasteiger partial charge on any atom is -0.481 e. The number of hydrogen-bond acceptors (Lipinski definition) is 9. The first-order valence-electron chi connectivity index (χ1n) is 13.0. The van der Waals surface area contributed by atoms with E-state index in [1.54, 1.807) is 43.2 Å². The lowest BCUT2D eigenvalue weighted by molar-refractivity contribution is -0.127. The van der Waals surface area contributed by atoms with Crippen molar-refractivity contribution in [3.8, 4) is 17.4 Å². The number of likely N-dealkylation sites (tertiary alicyclic amines) is 1. The summed E-state index contributed by atoms with van der Waals surface area (Å²) in [5, 5.41) is 0.669. The van der Waals surface area contributed by atoms with Gasteiger partial charge in [-0.05, 0) is 60.5 Å². The molecule has 41 heavy (non-hydrogen) atoms. The Bertz CT molecular complexity index is 1790. The molecule has 0 aliphatic carbocycles. The summed E-state index contributed by atoms with van der Waals surface area (Å²) < 4.78 is 34.9. The molecule has 212 valence electrons. The second kappa shape index (κ2) is 10.1. The van der Waals surface area contributed by atoms with Crippen LogP contribution in [0.2, 0.25) is 0 Å². The topological polar surface area (TPSA) is 119 Å². The Morgan fingerprint density at radius 1 is 1.02 bits per heavy atom. The molecule has 1 saturated heterocycles. The fraction of sp³-hybridized carbons (Fsp3) is 0.310. The minimum absolute atomic E-state index is 0.00368. The number of ether oxygens (including phenoxy) is 2. The molecule has 2 aliphatic rings. The molecule has 0 saturated carbocycles. The van der Waals surface area contributed by atoms with Gasteiger partial charge in [0.05, 0.1) is 18.4 Å². The SMILES string of the molecule is COc1ccc2nc(CC(=O)N3CC4(CCN(C(C)=O)C4)c4cc(Oc5ccc(S(C)(=O)=O)cc5)ccc43)sc2n1. The normalized spacial score (nSPS) is 18.2. The Hall–Kier alpha value is -4.03. The van der Waals surface area contributed by atoms with Crippen molar-refractivity contribution >= 4 is 49.0 Å². The third kappa shape index (κ3) is 5.13. The number of carbonyl (C=O) groups excluding carboxylic acids is 2. The molecule has 1 unspecified atom stereocenters. The lowest BCUT2D eigenvalue weighted by Gasteiger charge is -2.25. The predicted molar refractivity (Wildman–Crippen MR) is 155 cm³/mol. The number of sulfone groups is 1. The zero-order chi connectivity index (χ0) is 28.9. The summed E-state index contributed by atoms with van der Waals surface area (Å²) in [6.07, 6.45) is 2.01. The van der Waals surface area contributed by atoms with Crippen molar-refractivity contribution < 1.29 is 27.5 Å². The van der Waals surface area contributed by atoms with Crippen LogP contribution < -0.4 is 14.4 Å². The minimum atomic E-state index is -3.31. The van der Waals surface area contributed by atoms with E-state index < -0.39 is 15.3 Å². The molecule has 12 heteroatoms. The lowest BCUT2D eigenvalue weighted by Crippen LogP contribution is -2.40. The van der Waals surface area contributed by atoms with E-state index in [-0.39, 0.29) is 23.1 Å². The molecule has 4 aromatic rings. The van der Waals surface area contributed by atoms with Gasteiger partial charge in [-0.1, -0.05) is 11.3 Å². The van der Waals surface area contributed by atoms with Gasteiger partial charge in [0, 0.05) is 50.0 Å². The Morgan fingerprint density at radius 2 is 1.78 bits per heavy atom. The lowest BCUT2D eigenvalue weighted by atomic mass is 9.81. The molecule has 6 rings (SSSR count). The second-order valence-corrected chi connectivity index (χ2v) is 13.5. The zero-order valence-electron chi connectivity index (χ0n) is 22.8. The number of amides is 2. The maximum absolute atomic E-state index is 13.7. The summed E-state index contributed by atoms with van der Waals surface area (Å²) in [4.78, 5) is 39.5. The number of hydrogen-bond donors (Lipinski definition) is 0. The number of fused-ring (bicyclic) bond motifs is 3. The molecule has 1 fully saturated rings. The van der Waals surface area contributed by atoms with Gasteiger partial charge in [0.1, 0.15) is 26.9 Å². The van der Waals surface area contributed by atoms with Gasteiger partial charge in [-0.25, -0.2) is 18.4 Å². The fourth-order valence-electron chi connectivity index (χ4n) is 5.57. The van der Waals surface area contributed by atoms with Crippen LogP contribution in [-0.2, 0) is 31.3 Å². The zero-order valence-corrected chi connectivity index (χ0v) is 24.4. The number of thiazole rings is 1. The van der Waals surface area contributed by atoms with Gasteiger partial charge >= 0.3 is 0 Å². The van der Waals surface area contributed by atoms with Gasteiger partial charge in [0.25, 0.3) is 0 Å². The highest BCUT2D eigenvalue weighted by molar-refractivity contribution is 7.90. The Balaban J connectivity index is 1.30. The molecule has 4 heterocycles. The summed E-state index contributed by atoms with van der Waals surface area (Å²) in [6.45, 7) is 3.14. The molecule has 2 aromatic carbocycles. The van der Waals surface area contributed by atoms with E-state index >= 15 is 0 Å². The molecule has 2 aliphatic heterocycles. The summed E-state index contributed by atoms with van der Waals surface area (Å²) in [7, 11) is -1.76. The van der Waals surface area contributed by atoms with Gasteiger partial charge in [-0.3, -0.25) is 9.59 Å². The van der Waals surface area contributed by atoms with Crippen LogP contribution in [0.4, 0.5) is 5.69 Å². The van der Waals surface area contributed by atoms with Crippen LogP contribution >= 0.6 is 11.3 Å². The fourth-order valence-corrected chi connectivity index (χ4v) is 7.12. The first kappa shape index (κ1) is 27.2. The number of rotatable bonds is 6. The third-order valence-corrected chi connectivity index (χ3v) is 9.76. The molecule has 0 N–H and O–H groups in total. The molecular weight excluding hydrogens is 564 g/mol. The smallest absolute Gasteiger partial charge is 0.233 e. The number of anilines is 1. The molecule has 2 aromatic heterocycles. The molecule has 0 bridgehead atoms. The molecule has 2 amide bonds. The van der Waals surface area contributed by atoms with Crippen molar-refractivity contribution in [2.75, 3.05) is 37.9 Å². The molecule has 1 atom stereocenters. The van der Waals surface area contributed by atoms with Crippen LogP contribution in [0.25, 0.3) is 10.3 Å². The van der Waals surface area contributed by atoms with E-state index in [2.05, 4.69) is 9.97 Å². The van der Waals surface area contributed by atoms with Crippen molar-refractivity contribution in [2.45, 2.75) is 30.1 Å². The van der Waals surface area contributed by atoms with Gasteiger partial charge in [0.15, 0.2) is 9.84 Å². The highest BCUT2D eigenvalue weighted by Crippen LogP contribution is 2.48. The average molecular weight is 593 g/mol. The predicted octanol–water partition coefficient (Wildman–Crippen LogP) is 3.98. The molecule has 1 spiro atoms. The summed E-state index contributed by atoms with van der Waals surface area (Å²) in [5.74, 6) is 1.48. The second-order valence-electron chi connectivity index (χ2n) is 10.4. The number of carbonyl (C=O) groups is 2. The third-order valence-electron chi connectivity index (χ3n) is 7.66. The summed E-state index contributed by atoms with van der Waals surface area (Å²) in [6, 6.07) is 15.4. The van der Waals surface area contributed by atoms with E-state index in [0.29, 0.717) is 46.9 Å². The van der Waals surface area contributed by atoms with E-state index in [0.717, 1.165) is 29.4 Å². The van der Waals surface area contributed by atoms with Crippen LogP contribution in [0.3, 0.4) is 0 Å². The van der Waals surface area contributed by atoms with Crippen molar-refractivity contribution in [3.05, 3.63) is 65.2 Å². The quantitative estimate of drug-likeness (QED) is 0.330.